The molecule has 0 bridgehead atoms. The third kappa shape index (κ3) is 3.45. The molecule has 0 radical (unpaired) electrons. The number of para-hydroxylation sites is 1. The molecule has 1 aromatic carbocycles. The Balaban J connectivity index is 1.78. The fourth-order valence-corrected chi connectivity index (χ4v) is 3.28. The maximum Gasteiger partial charge on any atom is 0.274 e. The molecular formula is C18H24N4O. The van der Waals surface area contributed by atoms with Crippen LogP contribution in [0.2, 0.25) is 0 Å². The highest BCUT2D eigenvalue weighted by atomic mass is 16.2. The molecule has 0 aliphatic carbocycles. The van der Waals surface area contributed by atoms with Gasteiger partial charge < -0.3 is 10.2 Å². The first-order chi connectivity index (χ1) is 11.2. The van der Waals surface area contributed by atoms with Crippen LogP contribution in [-0.2, 0) is 0 Å². The molecule has 0 spiro atoms. The van der Waals surface area contributed by atoms with Crippen LogP contribution in [0.25, 0.3) is 5.69 Å². The Hall–Kier alpha value is -2.14. The fraction of sp³-hybridized carbons (Fsp3) is 0.444. The summed E-state index contributed by atoms with van der Waals surface area (Å²) >= 11 is 0. The van der Waals surface area contributed by atoms with Crippen LogP contribution in [-0.4, -0.2) is 47.3 Å². The van der Waals surface area contributed by atoms with Crippen LogP contribution in [0.5, 0.6) is 0 Å². The summed E-state index contributed by atoms with van der Waals surface area (Å²) in [4.78, 5) is 14.7. The summed E-state index contributed by atoms with van der Waals surface area (Å²) < 4.78 is 1.84. The van der Waals surface area contributed by atoms with E-state index in [2.05, 4.69) is 10.4 Å². The van der Waals surface area contributed by atoms with Gasteiger partial charge in [-0.2, -0.15) is 5.10 Å². The van der Waals surface area contributed by atoms with Crippen LogP contribution in [0.4, 0.5) is 0 Å². The number of amides is 1. The highest BCUT2D eigenvalue weighted by Gasteiger charge is 2.26. The molecule has 1 unspecified atom stereocenters. The minimum absolute atomic E-state index is 0.0450. The SMILES string of the molecule is CNCC1CCCN(C(=O)c2cc(C)n(-c3ccccc3)n2)C1. The Morgan fingerprint density at radius 2 is 2.13 bits per heavy atom. The second-order valence-corrected chi connectivity index (χ2v) is 6.24. The molecule has 1 atom stereocenters. The second kappa shape index (κ2) is 6.96. The number of hydrogen-bond acceptors (Lipinski definition) is 3. The summed E-state index contributed by atoms with van der Waals surface area (Å²) in [5.74, 6) is 0.582. The smallest absolute Gasteiger partial charge is 0.274 e. The van der Waals surface area contributed by atoms with E-state index in [1.165, 1.54) is 6.42 Å². The van der Waals surface area contributed by atoms with Crippen molar-refractivity contribution in [2.45, 2.75) is 19.8 Å². The molecule has 0 saturated carbocycles. The maximum atomic E-state index is 12.8. The van der Waals surface area contributed by atoms with Gasteiger partial charge in [0.25, 0.3) is 5.91 Å². The standard InChI is InChI=1S/C18H24N4O/c1-14-11-17(20-22(14)16-8-4-3-5-9-16)18(23)21-10-6-7-15(13-21)12-19-2/h3-5,8-9,11,15,19H,6-7,10,12-13H2,1-2H3. The van der Waals surface area contributed by atoms with E-state index in [-0.39, 0.29) is 5.91 Å². The highest BCUT2D eigenvalue weighted by Crippen LogP contribution is 2.19. The minimum atomic E-state index is 0.0450. The van der Waals surface area contributed by atoms with Crippen molar-refractivity contribution in [1.29, 1.82) is 0 Å². The number of hydrogen-bond donors (Lipinski definition) is 1. The maximum absolute atomic E-state index is 12.8. The molecule has 23 heavy (non-hydrogen) atoms. The average molecular weight is 312 g/mol. The number of piperidine rings is 1. The topological polar surface area (TPSA) is 50.2 Å². The molecule has 5 nitrogen and oxygen atoms in total. The van der Waals surface area contributed by atoms with E-state index in [0.717, 1.165) is 37.4 Å². The van der Waals surface area contributed by atoms with Gasteiger partial charge in [0.1, 0.15) is 0 Å². The van der Waals surface area contributed by atoms with Crippen LogP contribution in [0.1, 0.15) is 29.0 Å². The van der Waals surface area contributed by atoms with E-state index in [4.69, 9.17) is 0 Å². The first kappa shape index (κ1) is 15.7. The first-order valence-electron chi connectivity index (χ1n) is 8.25. The van der Waals surface area contributed by atoms with Gasteiger partial charge in [0.05, 0.1) is 5.69 Å². The molecule has 2 heterocycles. The molecular weight excluding hydrogens is 288 g/mol. The van der Waals surface area contributed by atoms with Gasteiger partial charge in [0, 0.05) is 18.8 Å². The summed E-state index contributed by atoms with van der Waals surface area (Å²) in [6.45, 7) is 4.59. The number of likely N-dealkylation sites (tertiary alicyclic amines) is 1. The molecule has 2 aromatic rings. The number of aryl methyl sites for hydroxylation is 1. The van der Waals surface area contributed by atoms with Gasteiger partial charge in [0.15, 0.2) is 5.69 Å². The largest absolute Gasteiger partial charge is 0.337 e. The lowest BCUT2D eigenvalue weighted by molar-refractivity contribution is 0.0668. The third-order valence-electron chi connectivity index (χ3n) is 4.41. The van der Waals surface area contributed by atoms with E-state index in [1.807, 2.05) is 60.0 Å². The van der Waals surface area contributed by atoms with Crippen molar-refractivity contribution >= 4 is 5.91 Å². The van der Waals surface area contributed by atoms with Crippen molar-refractivity contribution in [2.75, 3.05) is 26.7 Å². The molecule has 1 N–H and O–H groups in total. The Morgan fingerprint density at radius 1 is 1.35 bits per heavy atom. The van der Waals surface area contributed by atoms with Crippen LogP contribution < -0.4 is 5.32 Å². The van der Waals surface area contributed by atoms with E-state index >= 15 is 0 Å². The molecule has 122 valence electrons. The Morgan fingerprint density at radius 3 is 2.87 bits per heavy atom. The van der Waals surface area contributed by atoms with Crippen molar-refractivity contribution in [3.8, 4) is 5.69 Å². The second-order valence-electron chi connectivity index (χ2n) is 6.24. The van der Waals surface area contributed by atoms with E-state index < -0.39 is 0 Å². The zero-order valence-corrected chi connectivity index (χ0v) is 13.8. The average Bonchev–Trinajstić information content (AvgIpc) is 2.97. The zero-order chi connectivity index (χ0) is 16.2. The van der Waals surface area contributed by atoms with E-state index in [1.54, 1.807) is 0 Å². The lowest BCUT2D eigenvalue weighted by Gasteiger charge is -2.32. The number of carbonyl (C=O) groups is 1. The lowest BCUT2D eigenvalue weighted by Crippen LogP contribution is -2.42. The third-order valence-corrected chi connectivity index (χ3v) is 4.41. The van der Waals surface area contributed by atoms with Gasteiger partial charge in [-0.25, -0.2) is 4.68 Å². The number of carbonyl (C=O) groups excluding carboxylic acids is 1. The summed E-state index contributed by atoms with van der Waals surface area (Å²) in [6.07, 6.45) is 2.25. The number of nitrogens with one attached hydrogen (secondary N) is 1. The quantitative estimate of drug-likeness (QED) is 0.942. The van der Waals surface area contributed by atoms with Crippen LogP contribution in [0.3, 0.4) is 0 Å². The first-order valence-corrected chi connectivity index (χ1v) is 8.25. The van der Waals surface area contributed by atoms with Crippen molar-refractivity contribution in [3.63, 3.8) is 0 Å². The fourth-order valence-electron chi connectivity index (χ4n) is 3.28. The molecule has 1 aliphatic rings. The predicted octanol–water partition coefficient (Wildman–Crippen LogP) is 2.25. The molecule has 1 aromatic heterocycles. The summed E-state index contributed by atoms with van der Waals surface area (Å²) in [5, 5.41) is 7.75. The van der Waals surface area contributed by atoms with Crippen molar-refractivity contribution in [1.82, 2.24) is 20.0 Å². The van der Waals surface area contributed by atoms with Crippen LogP contribution in [0, 0.1) is 12.8 Å². The number of rotatable bonds is 4. The number of nitrogens with zero attached hydrogens (tertiary/aromatic N) is 3. The molecule has 1 saturated heterocycles. The van der Waals surface area contributed by atoms with Gasteiger partial charge in [-0.15, -0.1) is 0 Å². The van der Waals surface area contributed by atoms with Crippen molar-refractivity contribution < 1.29 is 4.79 Å². The van der Waals surface area contributed by atoms with Gasteiger partial charge in [0.2, 0.25) is 0 Å². The van der Waals surface area contributed by atoms with E-state index in [0.29, 0.717) is 11.6 Å². The molecule has 1 fully saturated rings. The summed E-state index contributed by atoms with van der Waals surface area (Å²) in [7, 11) is 1.96. The Bertz CT molecular complexity index is 663. The van der Waals surface area contributed by atoms with Crippen molar-refractivity contribution in [2.24, 2.45) is 5.92 Å². The summed E-state index contributed by atoms with van der Waals surface area (Å²) in [5.41, 5.74) is 2.50. The molecule has 5 heteroatoms. The van der Waals surface area contributed by atoms with Crippen LogP contribution in [0.15, 0.2) is 36.4 Å². The van der Waals surface area contributed by atoms with Gasteiger partial charge in [-0.3, -0.25) is 4.79 Å². The molecule has 1 aliphatic heterocycles. The van der Waals surface area contributed by atoms with Gasteiger partial charge >= 0.3 is 0 Å². The van der Waals surface area contributed by atoms with E-state index in [9.17, 15) is 4.79 Å². The van der Waals surface area contributed by atoms with Gasteiger partial charge in [-0.05, 0) is 57.5 Å². The Labute approximate surface area is 137 Å². The van der Waals surface area contributed by atoms with Gasteiger partial charge in [-0.1, -0.05) is 18.2 Å². The molecule has 3 rings (SSSR count). The summed E-state index contributed by atoms with van der Waals surface area (Å²) in [6, 6.07) is 11.8. The normalized spacial score (nSPS) is 18.2. The monoisotopic (exact) mass is 312 g/mol. The minimum Gasteiger partial charge on any atom is -0.337 e. The van der Waals surface area contributed by atoms with Crippen LogP contribution >= 0.6 is 0 Å². The predicted molar refractivity (Wildman–Crippen MR) is 90.9 cm³/mol. The number of aromatic nitrogens is 2. The molecule has 1 amide bonds. The lowest BCUT2D eigenvalue weighted by atomic mass is 9.98. The number of benzene rings is 1. The van der Waals surface area contributed by atoms with Crippen molar-refractivity contribution in [3.05, 3.63) is 47.8 Å². The zero-order valence-electron chi connectivity index (χ0n) is 13.8. The Kier molecular flexibility index (Phi) is 4.76. The highest BCUT2D eigenvalue weighted by molar-refractivity contribution is 5.92.